The molecule has 1 nitrogen and oxygen atoms in total. The second-order valence-electron chi connectivity index (χ2n) is 1.68. The van der Waals surface area contributed by atoms with E-state index in [-0.39, 0.29) is 0 Å². The molecule has 0 atom stereocenters. The van der Waals surface area contributed by atoms with Crippen LogP contribution in [0, 0.1) is 5.92 Å². The highest BCUT2D eigenvalue weighted by molar-refractivity contribution is 6.18. The average Bonchev–Trinajstić information content (AvgIpc) is 1.31. The van der Waals surface area contributed by atoms with Crippen molar-refractivity contribution in [3.8, 4) is 0 Å². The number of alkyl halides is 1. The van der Waals surface area contributed by atoms with Crippen molar-refractivity contribution in [3.05, 3.63) is 0 Å². The van der Waals surface area contributed by atoms with Crippen molar-refractivity contribution in [1.82, 2.24) is 5.32 Å². The van der Waals surface area contributed by atoms with Gasteiger partial charge in [0.1, 0.15) is 0 Å². The minimum Gasteiger partial charge on any atom is -0.316 e. The first kappa shape index (κ1) is 4.41. The predicted molar refractivity (Wildman–Crippen MR) is 27.1 cm³/mol. The Morgan fingerprint density at radius 1 is 1.67 bits per heavy atom. The number of halogens is 1. The topological polar surface area (TPSA) is 12.0 Å². The van der Waals surface area contributed by atoms with E-state index in [1.807, 2.05) is 0 Å². The van der Waals surface area contributed by atoms with Crippen molar-refractivity contribution in [1.29, 1.82) is 0 Å². The van der Waals surface area contributed by atoms with Gasteiger partial charge < -0.3 is 5.32 Å². The molecule has 1 fully saturated rings. The molecule has 0 radical (unpaired) electrons. The molecule has 0 amide bonds. The van der Waals surface area contributed by atoms with Crippen molar-refractivity contribution < 1.29 is 0 Å². The van der Waals surface area contributed by atoms with Crippen LogP contribution in [0.25, 0.3) is 0 Å². The Hall–Kier alpha value is 0.250. The second kappa shape index (κ2) is 1.80. The Kier molecular flexibility index (Phi) is 1.33. The van der Waals surface area contributed by atoms with E-state index in [2.05, 4.69) is 5.32 Å². The summed E-state index contributed by atoms with van der Waals surface area (Å²) < 4.78 is 0. The second-order valence-corrected chi connectivity index (χ2v) is 1.99. The number of rotatable bonds is 1. The smallest absolute Gasteiger partial charge is 0.0276 e. The quantitative estimate of drug-likeness (QED) is 0.478. The van der Waals surface area contributed by atoms with Gasteiger partial charge in [-0.3, -0.25) is 0 Å². The zero-order chi connectivity index (χ0) is 4.41. The van der Waals surface area contributed by atoms with Crippen LogP contribution in [0.4, 0.5) is 0 Å². The molecule has 1 rings (SSSR count). The largest absolute Gasteiger partial charge is 0.316 e. The monoisotopic (exact) mass is 105 g/mol. The van der Waals surface area contributed by atoms with Gasteiger partial charge in [-0.15, -0.1) is 11.6 Å². The lowest BCUT2D eigenvalue weighted by Gasteiger charge is -2.23. The maximum absolute atomic E-state index is 5.46. The molecule has 2 heteroatoms. The van der Waals surface area contributed by atoms with E-state index in [1.165, 1.54) is 0 Å². The van der Waals surface area contributed by atoms with Gasteiger partial charge in [0.15, 0.2) is 0 Å². The van der Waals surface area contributed by atoms with Crippen LogP contribution in [0.15, 0.2) is 0 Å². The minimum absolute atomic E-state index is 0.770. The van der Waals surface area contributed by atoms with Crippen LogP contribution in [0.5, 0.6) is 0 Å². The molecular weight excluding hydrogens is 97.5 g/mol. The van der Waals surface area contributed by atoms with Crippen LogP contribution >= 0.6 is 11.6 Å². The van der Waals surface area contributed by atoms with Gasteiger partial charge in [-0.2, -0.15) is 0 Å². The van der Waals surface area contributed by atoms with E-state index in [9.17, 15) is 0 Å². The van der Waals surface area contributed by atoms with Gasteiger partial charge in [-0.25, -0.2) is 0 Å². The Balaban J connectivity index is 2.01. The van der Waals surface area contributed by atoms with Crippen molar-refractivity contribution in [2.75, 3.05) is 19.0 Å². The summed E-state index contributed by atoms with van der Waals surface area (Å²) in [7, 11) is 0. The molecule has 6 heavy (non-hydrogen) atoms. The van der Waals surface area contributed by atoms with Crippen LogP contribution in [0.2, 0.25) is 0 Å². The molecule has 0 spiro atoms. The van der Waals surface area contributed by atoms with E-state index in [1.54, 1.807) is 0 Å². The zero-order valence-electron chi connectivity index (χ0n) is 3.58. The molecular formula is C4H8ClN. The van der Waals surface area contributed by atoms with Gasteiger partial charge in [0.2, 0.25) is 0 Å². The molecule has 0 aromatic heterocycles. The molecule has 0 unspecified atom stereocenters. The fraction of sp³-hybridized carbons (Fsp3) is 1.00. The predicted octanol–water partition coefficient (Wildman–Crippen LogP) is 0.445. The summed E-state index contributed by atoms with van der Waals surface area (Å²) in [5, 5.41) is 3.13. The molecule has 36 valence electrons. The molecule has 1 N–H and O–H groups in total. The maximum atomic E-state index is 5.46. The third-order valence-electron chi connectivity index (χ3n) is 1.08. The van der Waals surface area contributed by atoms with Crippen molar-refractivity contribution in [2.45, 2.75) is 0 Å². The fourth-order valence-corrected chi connectivity index (χ4v) is 0.676. The highest BCUT2D eigenvalue weighted by atomic mass is 35.5. The fourth-order valence-electron chi connectivity index (χ4n) is 0.458. The lowest BCUT2D eigenvalue weighted by molar-refractivity contribution is 0.383. The lowest BCUT2D eigenvalue weighted by Crippen LogP contribution is -2.42. The van der Waals surface area contributed by atoms with Gasteiger partial charge in [-0.1, -0.05) is 0 Å². The van der Waals surface area contributed by atoms with Crippen molar-refractivity contribution in [2.24, 2.45) is 5.92 Å². The summed E-state index contributed by atoms with van der Waals surface area (Å²) in [5.74, 6) is 1.60. The summed E-state index contributed by atoms with van der Waals surface area (Å²) in [6.07, 6.45) is 0. The summed E-state index contributed by atoms with van der Waals surface area (Å²) in [6.45, 7) is 2.26. The van der Waals surface area contributed by atoms with Gasteiger partial charge in [0.25, 0.3) is 0 Å². The third-order valence-corrected chi connectivity index (χ3v) is 1.52. The molecule has 0 aromatic carbocycles. The first-order valence-corrected chi connectivity index (χ1v) is 2.73. The van der Waals surface area contributed by atoms with E-state index in [0.717, 1.165) is 24.9 Å². The van der Waals surface area contributed by atoms with Gasteiger partial charge in [0, 0.05) is 19.0 Å². The van der Waals surface area contributed by atoms with Crippen LogP contribution in [-0.4, -0.2) is 19.0 Å². The van der Waals surface area contributed by atoms with Crippen LogP contribution in [0.3, 0.4) is 0 Å². The first-order chi connectivity index (χ1) is 2.93. The SMILES string of the molecule is ClCC1CNC1. The summed E-state index contributed by atoms with van der Waals surface area (Å²) in [4.78, 5) is 0. The van der Waals surface area contributed by atoms with Crippen LogP contribution in [0.1, 0.15) is 0 Å². The molecule has 1 heterocycles. The van der Waals surface area contributed by atoms with E-state index in [0.29, 0.717) is 0 Å². The normalized spacial score (nSPS) is 23.5. The highest BCUT2D eigenvalue weighted by Gasteiger charge is 2.13. The van der Waals surface area contributed by atoms with E-state index in [4.69, 9.17) is 11.6 Å². The molecule has 0 aliphatic carbocycles. The Bertz CT molecular complexity index is 40.1. The van der Waals surface area contributed by atoms with Crippen molar-refractivity contribution >= 4 is 11.6 Å². The molecule has 0 bridgehead atoms. The van der Waals surface area contributed by atoms with E-state index < -0.39 is 0 Å². The lowest BCUT2D eigenvalue weighted by atomic mass is 10.1. The summed E-state index contributed by atoms with van der Waals surface area (Å²) in [5.41, 5.74) is 0. The highest BCUT2D eigenvalue weighted by Crippen LogP contribution is 2.02. The van der Waals surface area contributed by atoms with E-state index >= 15 is 0 Å². The summed E-state index contributed by atoms with van der Waals surface area (Å²) in [6, 6.07) is 0. The molecule has 0 saturated carbocycles. The molecule has 1 aliphatic heterocycles. The summed E-state index contributed by atoms with van der Waals surface area (Å²) >= 11 is 5.46. The standard InChI is InChI=1S/C4H8ClN/c5-1-4-2-6-3-4/h4,6H,1-3H2. The third kappa shape index (κ3) is 0.660. The Labute approximate surface area is 42.7 Å². The minimum atomic E-state index is 0.770. The van der Waals surface area contributed by atoms with Gasteiger partial charge in [-0.05, 0) is 5.92 Å². The van der Waals surface area contributed by atoms with Gasteiger partial charge >= 0.3 is 0 Å². The first-order valence-electron chi connectivity index (χ1n) is 2.20. The van der Waals surface area contributed by atoms with Crippen LogP contribution < -0.4 is 5.32 Å². The number of nitrogens with one attached hydrogen (secondary N) is 1. The van der Waals surface area contributed by atoms with Crippen molar-refractivity contribution in [3.63, 3.8) is 0 Å². The molecule has 1 saturated heterocycles. The number of hydrogen-bond donors (Lipinski definition) is 1. The zero-order valence-corrected chi connectivity index (χ0v) is 4.33. The van der Waals surface area contributed by atoms with Crippen LogP contribution in [-0.2, 0) is 0 Å². The Morgan fingerprint density at radius 3 is 2.33 bits per heavy atom. The maximum Gasteiger partial charge on any atom is 0.0276 e. The number of hydrogen-bond acceptors (Lipinski definition) is 1. The average molecular weight is 106 g/mol. The molecule has 0 aromatic rings. The Morgan fingerprint density at radius 2 is 2.33 bits per heavy atom. The van der Waals surface area contributed by atoms with Gasteiger partial charge in [0.05, 0.1) is 0 Å². The molecule has 1 aliphatic rings.